The van der Waals surface area contributed by atoms with E-state index in [1.807, 2.05) is 36.4 Å². The van der Waals surface area contributed by atoms with Gasteiger partial charge in [0, 0.05) is 23.5 Å². The van der Waals surface area contributed by atoms with Crippen LogP contribution >= 0.6 is 11.6 Å². The lowest BCUT2D eigenvalue weighted by atomic mass is 10.2. The summed E-state index contributed by atoms with van der Waals surface area (Å²) in [7, 11) is 0. The highest BCUT2D eigenvalue weighted by molar-refractivity contribution is 6.31. The van der Waals surface area contributed by atoms with Crippen LogP contribution < -0.4 is 5.32 Å². The van der Waals surface area contributed by atoms with Crippen molar-refractivity contribution in [3.8, 4) is 0 Å². The van der Waals surface area contributed by atoms with Crippen LogP contribution in [0.5, 0.6) is 0 Å². The molecular formula is C16H19ClN2O. The molecule has 20 heavy (non-hydrogen) atoms. The normalized spacial score (nSPS) is 10.5. The number of pyridine rings is 1. The second-order valence-electron chi connectivity index (χ2n) is 4.55. The molecule has 106 valence electrons. The molecule has 0 bridgehead atoms. The number of nitrogens with zero attached hydrogens (tertiary/aromatic N) is 1. The van der Waals surface area contributed by atoms with E-state index in [4.69, 9.17) is 16.3 Å². The van der Waals surface area contributed by atoms with E-state index in [-0.39, 0.29) is 0 Å². The van der Waals surface area contributed by atoms with Crippen molar-refractivity contribution in [2.45, 2.75) is 26.6 Å². The van der Waals surface area contributed by atoms with Gasteiger partial charge in [-0.3, -0.25) is 4.98 Å². The van der Waals surface area contributed by atoms with E-state index in [0.717, 1.165) is 34.9 Å². The average molecular weight is 291 g/mol. The van der Waals surface area contributed by atoms with Gasteiger partial charge in [-0.1, -0.05) is 36.7 Å². The summed E-state index contributed by atoms with van der Waals surface area (Å²) in [6.07, 6.45) is 2.90. The molecule has 0 aliphatic carbocycles. The summed E-state index contributed by atoms with van der Waals surface area (Å²) in [6, 6.07) is 11.7. The zero-order valence-electron chi connectivity index (χ0n) is 11.6. The van der Waals surface area contributed by atoms with Crippen molar-refractivity contribution in [2.24, 2.45) is 0 Å². The van der Waals surface area contributed by atoms with E-state index in [1.54, 1.807) is 6.20 Å². The Labute approximate surface area is 124 Å². The summed E-state index contributed by atoms with van der Waals surface area (Å²) in [4.78, 5) is 4.30. The second-order valence-corrected chi connectivity index (χ2v) is 4.95. The van der Waals surface area contributed by atoms with Gasteiger partial charge in [0.2, 0.25) is 0 Å². The van der Waals surface area contributed by atoms with Crippen LogP contribution in [0.25, 0.3) is 0 Å². The van der Waals surface area contributed by atoms with E-state index in [2.05, 4.69) is 17.2 Å². The molecule has 0 atom stereocenters. The molecule has 0 saturated carbocycles. The van der Waals surface area contributed by atoms with Gasteiger partial charge in [-0.25, -0.2) is 0 Å². The minimum absolute atomic E-state index is 0.479. The van der Waals surface area contributed by atoms with E-state index >= 15 is 0 Å². The van der Waals surface area contributed by atoms with Gasteiger partial charge in [-0.15, -0.1) is 0 Å². The van der Waals surface area contributed by atoms with Crippen molar-refractivity contribution in [3.63, 3.8) is 0 Å². The SMILES string of the molecule is CCCNc1ccnc(COCc2ccccc2Cl)c1. The first kappa shape index (κ1) is 14.8. The van der Waals surface area contributed by atoms with Gasteiger partial charge < -0.3 is 10.1 Å². The lowest BCUT2D eigenvalue weighted by molar-refractivity contribution is 0.104. The number of hydrogen-bond acceptors (Lipinski definition) is 3. The largest absolute Gasteiger partial charge is 0.385 e. The topological polar surface area (TPSA) is 34.2 Å². The molecule has 0 aliphatic heterocycles. The van der Waals surface area contributed by atoms with Gasteiger partial charge in [-0.2, -0.15) is 0 Å². The number of rotatable bonds is 7. The van der Waals surface area contributed by atoms with Gasteiger partial charge in [0.05, 0.1) is 18.9 Å². The van der Waals surface area contributed by atoms with E-state index in [9.17, 15) is 0 Å². The van der Waals surface area contributed by atoms with Crippen LogP contribution in [-0.4, -0.2) is 11.5 Å². The highest BCUT2D eigenvalue weighted by Gasteiger charge is 2.01. The van der Waals surface area contributed by atoms with E-state index in [1.165, 1.54) is 0 Å². The predicted molar refractivity (Wildman–Crippen MR) is 83.0 cm³/mol. The van der Waals surface area contributed by atoms with Crippen LogP contribution in [-0.2, 0) is 18.0 Å². The van der Waals surface area contributed by atoms with Gasteiger partial charge in [0.1, 0.15) is 0 Å². The molecule has 0 fully saturated rings. The third-order valence-electron chi connectivity index (χ3n) is 2.86. The Morgan fingerprint density at radius 2 is 2.05 bits per heavy atom. The third kappa shape index (κ3) is 4.51. The summed E-state index contributed by atoms with van der Waals surface area (Å²) < 4.78 is 5.67. The Bertz CT molecular complexity index is 546. The highest BCUT2D eigenvalue weighted by atomic mass is 35.5. The minimum atomic E-state index is 0.479. The number of ether oxygens (including phenoxy) is 1. The number of anilines is 1. The van der Waals surface area contributed by atoms with Crippen molar-refractivity contribution in [1.82, 2.24) is 4.98 Å². The molecule has 0 spiro atoms. The van der Waals surface area contributed by atoms with Crippen molar-refractivity contribution >= 4 is 17.3 Å². The Morgan fingerprint density at radius 3 is 2.85 bits per heavy atom. The molecule has 3 nitrogen and oxygen atoms in total. The molecule has 0 amide bonds. The molecule has 1 aromatic heterocycles. The van der Waals surface area contributed by atoms with Crippen LogP contribution in [0.1, 0.15) is 24.6 Å². The van der Waals surface area contributed by atoms with Gasteiger partial charge in [-0.05, 0) is 30.2 Å². The molecule has 1 N–H and O–H groups in total. The molecule has 0 saturated heterocycles. The number of aromatic nitrogens is 1. The van der Waals surface area contributed by atoms with Crippen LogP contribution in [0.15, 0.2) is 42.6 Å². The fourth-order valence-corrected chi connectivity index (χ4v) is 2.01. The summed E-state index contributed by atoms with van der Waals surface area (Å²) in [5.41, 5.74) is 2.99. The summed E-state index contributed by atoms with van der Waals surface area (Å²) in [5, 5.41) is 4.07. The van der Waals surface area contributed by atoms with Crippen molar-refractivity contribution in [3.05, 3.63) is 58.9 Å². The summed E-state index contributed by atoms with van der Waals surface area (Å²) in [6.45, 7) is 4.08. The van der Waals surface area contributed by atoms with Gasteiger partial charge >= 0.3 is 0 Å². The van der Waals surface area contributed by atoms with Crippen LogP contribution in [0, 0.1) is 0 Å². The second kappa shape index (κ2) is 7.88. The van der Waals surface area contributed by atoms with Gasteiger partial charge in [0.25, 0.3) is 0 Å². The Balaban J connectivity index is 1.86. The maximum atomic E-state index is 6.08. The zero-order chi connectivity index (χ0) is 14.2. The number of nitrogens with one attached hydrogen (secondary N) is 1. The average Bonchev–Trinajstić information content (AvgIpc) is 2.48. The molecule has 2 aromatic rings. The molecular weight excluding hydrogens is 272 g/mol. The molecule has 0 unspecified atom stereocenters. The lowest BCUT2D eigenvalue weighted by Crippen LogP contribution is -2.02. The zero-order valence-corrected chi connectivity index (χ0v) is 12.4. The van der Waals surface area contributed by atoms with Crippen molar-refractivity contribution < 1.29 is 4.74 Å². The summed E-state index contributed by atoms with van der Waals surface area (Å²) in [5.74, 6) is 0. The van der Waals surface area contributed by atoms with Crippen LogP contribution in [0.3, 0.4) is 0 Å². The smallest absolute Gasteiger partial charge is 0.0893 e. The van der Waals surface area contributed by atoms with Gasteiger partial charge in [0.15, 0.2) is 0 Å². The minimum Gasteiger partial charge on any atom is -0.385 e. The van der Waals surface area contributed by atoms with E-state index in [0.29, 0.717) is 13.2 Å². The van der Waals surface area contributed by atoms with Crippen molar-refractivity contribution in [2.75, 3.05) is 11.9 Å². The Hall–Kier alpha value is -1.58. The molecule has 1 aromatic carbocycles. The summed E-state index contributed by atoms with van der Waals surface area (Å²) >= 11 is 6.08. The predicted octanol–water partition coefficient (Wildman–Crippen LogP) is 4.27. The highest BCUT2D eigenvalue weighted by Crippen LogP contribution is 2.16. The maximum Gasteiger partial charge on any atom is 0.0893 e. The quantitative estimate of drug-likeness (QED) is 0.827. The third-order valence-corrected chi connectivity index (χ3v) is 3.23. The lowest BCUT2D eigenvalue weighted by Gasteiger charge is -2.08. The number of hydrogen-bond donors (Lipinski definition) is 1. The van der Waals surface area contributed by atoms with Crippen LogP contribution in [0.4, 0.5) is 5.69 Å². The van der Waals surface area contributed by atoms with E-state index < -0.39 is 0 Å². The first-order chi connectivity index (χ1) is 9.79. The monoisotopic (exact) mass is 290 g/mol. The first-order valence-electron chi connectivity index (χ1n) is 6.79. The molecule has 0 aliphatic rings. The molecule has 0 radical (unpaired) electrons. The number of halogens is 1. The number of benzene rings is 1. The fourth-order valence-electron chi connectivity index (χ4n) is 1.82. The fraction of sp³-hybridized carbons (Fsp3) is 0.312. The maximum absolute atomic E-state index is 6.08. The molecule has 1 heterocycles. The first-order valence-corrected chi connectivity index (χ1v) is 7.17. The Morgan fingerprint density at radius 1 is 1.20 bits per heavy atom. The molecule has 4 heteroatoms. The molecule has 2 rings (SSSR count). The standard InChI is InChI=1S/C16H19ClN2O/c1-2-8-18-14-7-9-19-15(10-14)12-20-11-13-5-3-4-6-16(13)17/h3-7,9-10H,2,8,11-12H2,1H3,(H,18,19). The Kier molecular flexibility index (Phi) is 5.84. The van der Waals surface area contributed by atoms with Crippen LogP contribution in [0.2, 0.25) is 5.02 Å². The van der Waals surface area contributed by atoms with Crippen molar-refractivity contribution in [1.29, 1.82) is 0 Å².